The molecular weight excluding hydrogens is 355 g/mol. The molecule has 2 heterocycles. The van der Waals surface area contributed by atoms with Crippen LogP contribution in [0.3, 0.4) is 0 Å². The normalized spacial score (nSPS) is 16.1. The maximum absolute atomic E-state index is 13.7. The van der Waals surface area contributed by atoms with Gasteiger partial charge in [0.25, 0.3) is 0 Å². The number of hydrogen-bond donors (Lipinski definition) is 1. The van der Waals surface area contributed by atoms with Crippen LogP contribution in [0.4, 0.5) is 15.8 Å². The number of rotatable bonds is 4. The third-order valence-electron chi connectivity index (χ3n) is 5.30. The van der Waals surface area contributed by atoms with Gasteiger partial charge in [-0.1, -0.05) is 18.2 Å². The highest BCUT2D eigenvalue weighted by Gasteiger charge is 2.26. The van der Waals surface area contributed by atoms with Crippen LogP contribution in [-0.2, 0) is 4.79 Å². The number of amides is 1. The van der Waals surface area contributed by atoms with E-state index >= 15 is 0 Å². The minimum atomic E-state index is -0.258. The number of carbonyl (C=O) groups excluding carboxylic acids is 1. The zero-order chi connectivity index (χ0) is 19.5. The molecule has 1 aromatic heterocycles. The second-order valence-electron chi connectivity index (χ2n) is 7.05. The molecule has 5 nitrogen and oxygen atoms in total. The Labute approximate surface area is 163 Å². The van der Waals surface area contributed by atoms with Crippen molar-refractivity contribution in [1.29, 1.82) is 0 Å². The maximum Gasteiger partial charge on any atom is 0.241 e. The number of nitrogens with one attached hydrogen (secondary N) is 1. The van der Waals surface area contributed by atoms with E-state index in [0.29, 0.717) is 0 Å². The zero-order valence-corrected chi connectivity index (χ0v) is 15.8. The van der Waals surface area contributed by atoms with Crippen LogP contribution in [0.5, 0.6) is 0 Å². The molecule has 0 spiro atoms. The Kier molecular flexibility index (Phi) is 5.21. The number of aromatic nitrogens is 1. The van der Waals surface area contributed by atoms with Gasteiger partial charge in [-0.2, -0.15) is 0 Å². The molecule has 1 fully saturated rings. The van der Waals surface area contributed by atoms with E-state index in [1.165, 1.54) is 6.07 Å². The zero-order valence-electron chi connectivity index (χ0n) is 15.8. The first-order valence-corrected chi connectivity index (χ1v) is 9.51. The summed E-state index contributed by atoms with van der Waals surface area (Å²) in [5.41, 5.74) is 2.59. The molecule has 144 valence electrons. The molecule has 1 N–H and O–H groups in total. The van der Waals surface area contributed by atoms with Crippen LogP contribution in [-0.4, -0.2) is 48.0 Å². The number of nitrogens with zero attached hydrogens (tertiary/aromatic N) is 3. The minimum absolute atomic E-state index is 0.00363. The van der Waals surface area contributed by atoms with Gasteiger partial charge in [0, 0.05) is 49.1 Å². The molecule has 0 aliphatic carbocycles. The van der Waals surface area contributed by atoms with Crippen LogP contribution in [0.2, 0.25) is 0 Å². The number of hydrogen-bond acceptors (Lipinski definition) is 4. The minimum Gasteiger partial charge on any atom is -0.368 e. The van der Waals surface area contributed by atoms with E-state index in [1.807, 2.05) is 43.3 Å². The molecule has 2 aromatic carbocycles. The van der Waals surface area contributed by atoms with E-state index in [0.717, 1.165) is 48.5 Å². The topological polar surface area (TPSA) is 48.5 Å². The molecule has 4 rings (SSSR count). The van der Waals surface area contributed by atoms with Gasteiger partial charge >= 0.3 is 0 Å². The third-order valence-corrected chi connectivity index (χ3v) is 5.30. The summed E-state index contributed by atoms with van der Waals surface area (Å²) < 4.78 is 13.7. The standard InChI is InChI=1S/C22H23FN4O/c1-16(22(28)25-18-5-3-2-4-6-18)26-11-13-27(14-12-26)21-9-10-24-20-8-7-17(23)15-19(20)21/h2-10,15-16H,11-14H2,1H3,(H,25,28). The summed E-state index contributed by atoms with van der Waals surface area (Å²) in [6.07, 6.45) is 1.76. The fourth-order valence-corrected chi connectivity index (χ4v) is 3.66. The van der Waals surface area contributed by atoms with Crippen LogP contribution in [0, 0.1) is 5.82 Å². The Morgan fingerprint density at radius 3 is 2.57 bits per heavy atom. The number of pyridine rings is 1. The van der Waals surface area contributed by atoms with Gasteiger partial charge in [0.2, 0.25) is 5.91 Å². The Hall–Kier alpha value is -2.99. The first kappa shape index (κ1) is 18.4. The number of anilines is 2. The Morgan fingerprint density at radius 1 is 1.07 bits per heavy atom. The van der Waals surface area contributed by atoms with Crippen molar-refractivity contribution >= 4 is 28.2 Å². The second-order valence-corrected chi connectivity index (χ2v) is 7.05. The predicted octanol–water partition coefficient (Wildman–Crippen LogP) is 3.52. The van der Waals surface area contributed by atoms with Crippen molar-refractivity contribution in [3.8, 4) is 0 Å². The SMILES string of the molecule is CC(C(=O)Nc1ccccc1)N1CCN(c2ccnc3ccc(F)cc23)CC1. The van der Waals surface area contributed by atoms with E-state index in [-0.39, 0.29) is 17.8 Å². The number of piperazine rings is 1. The highest BCUT2D eigenvalue weighted by atomic mass is 19.1. The number of para-hydroxylation sites is 1. The lowest BCUT2D eigenvalue weighted by molar-refractivity contribution is -0.120. The molecule has 28 heavy (non-hydrogen) atoms. The lowest BCUT2D eigenvalue weighted by Gasteiger charge is -2.38. The smallest absolute Gasteiger partial charge is 0.241 e. The van der Waals surface area contributed by atoms with Crippen molar-refractivity contribution in [2.75, 3.05) is 36.4 Å². The van der Waals surface area contributed by atoms with Gasteiger partial charge in [0.1, 0.15) is 5.82 Å². The van der Waals surface area contributed by atoms with Crippen molar-refractivity contribution in [1.82, 2.24) is 9.88 Å². The van der Waals surface area contributed by atoms with Crippen molar-refractivity contribution in [3.05, 3.63) is 66.6 Å². The number of fused-ring (bicyclic) bond motifs is 1. The van der Waals surface area contributed by atoms with Gasteiger partial charge in [-0.25, -0.2) is 4.39 Å². The highest BCUT2D eigenvalue weighted by Crippen LogP contribution is 2.27. The maximum atomic E-state index is 13.7. The van der Waals surface area contributed by atoms with Crippen LogP contribution in [0.25, 0.3) is 10.9 Å². The van der Waals surface area contributed by atoms with Crippen LogP contribution >= 0.6 is 0 Å². The van der Waals surface area contributed by atoms with Crippen molar-refractivity contribution < 1.29 is 9.18 Å². The molecule has 0 bridgehead atoms. The molecule has 1 aliphatic heterocycles. The average molecular weight is 378 g/mol. The van der Waals surface area contributed by atoms with Gasteiger partial charge in [-0.15, -0.1) is 0 Å². The molecule has 0 radical (unpaired) electrons. The summed E-state index contributed by atoms with van der Waals surface area (Å²) in [5, 5.41) is 3.79. The summed E-state index contributed by atoms with van der Waals surface area (Å²) in [6, 6.07) is 15.9. The first-order chi connectivity index (χ1) is 13.6. The number of benzene rings is 2. The van der Waals surface area contributed by atoms with E-state index in [2.05, 4.69) is 20.1 Å². The van der Waals surface area contributed by atoms with Crippen LogP contribution < -0.4 is 10.2 Å². The van der Waals surface area contributed by atoms with Gasteiger partial charge in [0.15, 0.2) is 0 Å². The first-order valence-electron chi connectivity index (χ1n) is 9.51. The van der Waals surface area contributed by atoms with Crippen molar-refractivity contribution in [2.45, 2.75) is 13.0 Å². The lowest BCUT2D eigenvalue weighted by Crippen LogP contribution is -2.52. The molecule has 0 saturated carbocycles. The number of carbonyl (C=O) groups is 1. The summed E-state index contributed by atoms with van der Waals surface area (Å²) >= 11 is 0. The fraction of sp³-hybridized carbons (Fsp3) is 0.273. The molecule has 1 aliphatic rings. The predicted molar refractivity (Wildman–Crippen MR) is 110 cm³/mol. The molecule has 1 unspecified atom stereocenters. The van der Waals surface area contributed by atoms with E-state index in [1.54, 1.807) is 18.3 Å². The van der Waals surface area contributed by atoms with Gasteiger partial charge in [0.05, 0.1) is 11.6 Å². The van der Waals surface area contributed by atoms with Gasteiger partial charge < -0.3 is 10.2 Å². The average Bonchev–Trinajstić information content (AvgIpc) is 2.73. The molecule has 1 atom stereocenters. The summed E-state index contributed by atoms with van der Waals surface area (Å²) in [7, 11) is 0. The number of halogens is 1. The fourth-order valence-electron chi connectivity index (χ4n) is 3.66. The van der Waals surface area contributed by atoms with E-state index < -0.39 is 0 Å². The lowest BCUT2D eigenvalue weighted by atomic mass is 10.1. The van der Waals surface area contributed by atoms with E-state index in [4.69, 9.17) is 0 Å². The molecular formula is C22H23FN4O. The van der Waals surface area contributed by atoms with Crippen LogP contribution in [0.1, 0.15) is 6.92 Å². The highest BCUT2D eigenvalue weighted by molar-refractivity contribution is 5.94. The molecule has 3 aromatic rings. The Balaban J connectivity index is 1.42. The monoisotopic (exact) mass is 378 g/mol. The quantitative estimate of drug-likeness (QED) is 0.755. The second kappa shape index (κ2) is 7.94. The molecule has 1 amide bonds. The summed E-state index contributed by atoms with van der Waals surface area (Å²) in [6.45, 7) is 5.02. The Bertz CT molecular complexity index is 971. The summed E-state index contributed by atoms with van der Waals surface area (Å²) in [4.78, 5) is 21.3. The van der Waals surface area contributed by atoms with Gasteiger partial charge in [-0.05, 0) is 43.3 Å². The van der Waals surface area contributed by atoms with Crippen molar-refractivity contribution in [2.24, 2.45) is 0 Å². The third kappa shape index (κ3) is 3.82. The van der Waals surface area contributed by atoms with Crippen LogP contribution in [0.15, 0.2) is 60.8 Å². The van der Waals surface area contributed by atoms with Crippen molar-refractivity contribution in [3.63, 3.8) is 0 Å². The summed E-state index contributed by atoms with van der Waals surface area (Å²) in [5.74, 6) is -0.261. The molecule has 1 saturated heterocycles. The van der Waals surface area contributed by atoms with Gasteiger partial charge in [-0.3, -0.25) is 14.7 Å². The Morgan fingerprint density at radius 2 is 1.82 bits per heavy atom. The molecule has 6 heteroatoms. The largest absolute Gasteiger partial charge is 0.368 e. The van der Waals surface area contributed by atoms with E-state index in [9.17, 15) is 9.18 Å².